The van der Waals surface area contributed by atoms with E-state index in [1.165, 1.54) is 10.8 Å². The third-order valence-electron chi connectivity index (χ3n) is 4.61. The van der Waals surface area contributed by atoms with E-state index in [2.05, 4.69) is 20.4 Å². The van der Waals surface area contributed by atoms with Gasteiger partial charge in [-0.15, -0.1) is 5.10 Å². The highest BCUT2D eigenvalue weighted by atomic mass is 35.5. The highest BCUT2D eigenvalue weighted by molar-refractivity contribution is 6.30. The summed E-state index contributed by atoms with van der Waals surface area (Å²) in [6, 6.07) is 18.5. The summed E-state index contributed by atoms with van der Waals surface area (Å²) in [5, 5.41) is 8.23. The second-order valence-electron chi connectivity index (χ2n) is 6.84. The summed E-state index contributed by atoms with van der Waals surface area (Å²) < 4.78 is 6.40. The molecule has 0 aliphatic carbocycles. The van der Waals surface area contributed by atoms with Gasteiger partial charge in [0, 0.05) is 35.6 Å². The largest absolute Gasteiger partial charge is 0.497 e. The Kier molecular flexibility index (Phi) is 6.57. The summed E-state index contributed by atoms with van der Waals surface area (Å²) in [5.74, 6) is 1.14. The smallest absolute Gasteiger partial charge is 0.274 e. The average Bonchev–Trinajstić information content (AvgIpc) is 3.27. The van der Waals surface area contributed by atoms with Gasteiger partial charge in [0.15, 0.2) is 5.82 Å². The number of hydrogen-bond donors (Lipinski definition) is 1. The molecule has 0 bridgehead atoms. The predicted molar refractivity (Wildman–Crippen MR) is 125 cm³/mol. The lowest BCUT2D eigenvalue weighted by Crippen LogP contribution is -2.14. The minimum atomic E-state index is -0.336. The summed E-state index contributed by atoms with van der Waals surface area (Å²) in [5.41, 5.74) is 2.53. The minimum Gasteiger partial charge on any atom is -0.497 e. The summed E-state index contributed by atoms with van der Waals surface area (Å²) >= 11 is 6.07. The standard InChI is InChI=1S/C24H20ClN5O2/c1-32-21-10-7-17(8-11-21)9-12-22(31)30-24(27-15-18-4-2-6-20(25)14-18)28-23(29-30)19-5-3-13-26-16-19/h2-14,16H,15H2,1H3,(H,27,28,29)/b12-9+. The van der Waals surface area contributed by atoms with Gasteiger partial charge < -0.3 is 10.1 Å². The number of benzene rings is 2. The number of pyridine rings is 1. The van der Waals surface area contributed by atoms with Crippen molar-refractivity contribution in [3.63, 3.8) is 0 Å². The number of ether oxygens (including phenoxy) is 1. The number of anilines is 1. The quantitative estimate of drug-likeness (QED) is 0.404. The van der Waals surface area contributed by atoms with Crippen LogP contribution in [-0.2, 0) is 6.54 Å². The number of hydrogen-bond acceptors (Lipinski definition) is 6. The van der Waals surface area contributed by atoms with E-state index in [4.69, 9.17) is 16.3 Å². The number of carbonyl (C=O) groups excluding carboxylic acids is 1. The van der Waals surface area contributed by atoms with Gasteiger partial charge in [-0.3, -0.25) is 9.78 Å². The number of aromatic nitrogens is 4. The van der Waals surface area contributed by atoms with Crippen LogP contribution in [0.15, 0.2) is 79.1 Å². The first kappa shape index (κ1) is 21.3. The normalized spacial score (nSPS) is 10.9. The van der Waals surface area contributed by atoms with E-state index in [1.807, 2.05) is 54.6 Å². The molecule has 0 saturated carbocycles. The molecule has 2 aromatic heterocycles. The number of carbonyl (C=O) groups is 1. The molecule has 7 nitrogen and oxygen atoms in total. The van der Waals surface area contributed by atoms with Crippen LogP contribution in [0.4, 0.5) is 5.95 Å². The fourth-order valence-electron chi connectivity index (χ4n) is 2.98. The molecule has 2 aromatic carbocycles. The number of halogens is 1. The predicted octanol–water partition coefficient (Wildman–Crippen LogP) is 4.97. The SMILES string of the molecule is COc1ccc(/C=C/C(=O)n2nc(-c3cccnc3)nc2NCc2cccc(Cl)c2)cc1. The molecule has 160 valence electrons. The molecule has 0 unspecified atom stereocenters. The average molecular weight is 446 g/mol. The molecule has 0 radical (unpaired) electrons. The Hall–Kier alpha value is -3.97. The van der Waals surface area contributed by atoms with Crippen LogP contribution in [0.25, 0.3) is 17.5 Å². The van der Waals surface area contributed by atoms with E-state index in [1.54, 1.807) is 31.6 Å². The Balaban J connectivity index is 1.59. The number of rotatable bonds is 7. The molecule has 0 atom stereocenters. The van der Waals surface area contributed by atoms with Gasteiger partial charge in [0.2, 0.25) is 5.95 Å². The van der Waals surface area contributed by atoms with Crippen LogP contribution in [0.2, 0.25) is 5.02 Å². The van der Waals surface area contributed by atoms with Gasteiger partial charge in [-0.2, -0.15) is 9.67 Å². The van der Waals surface area contributed by atoms with Crippen molar-refractivity contribution in [2.75, 3.05) is 12.4 Å². The first-order chi connectivity index (χ1) is 15.6. The summed E-state index contributed by atoms with van der Waals surface area (Å²) in [6.07, 6.45) is 6.49. The lowest BCUT2D eigenvalue weighted by Gasteiger charge is -2.06. The Morgan fingerprint density at radius 3 is 2.72 bits per heavy atom. The molecule has 32 heavy (non-hydrogen) atoms. The van der Waals surface area contributed by atoms with Crippen molar-refractivity contribution in [2.24, 2.45) is 0 Å². The second kappa shape index (κ2) is 9.89. The van der Waals surface area contributed by atoms with E-state index in [0.29, 0.717) is 28.9 Å². The minimum absolute atomic E-state index is 0.327. The van der Waals surface area contributed by atoms with E-state index >= 15 is 0 Å². The first-order valence-corrected chi connectivity index (χ1v) is 10.2. The van der Waals surface area contributed by atoms with Gasteiger partial charge >= 0.3 is 0 Å². The molecular weight excluding hydrogens is 426 g/mol. The third kappa shape index (κ3) is 5.19. The topological polar surface area (TPSA) is 81.9 Å². The number of nitrogens with zero attached hydrogens (tertiary/aromatic N) is 4. The van der Waals surface area contributed by atoms with E-state index in [9.17, 15) is 4.79 Å². The molecule has 0 fully saturated rings. The third-order valence-corrected chi connectivity index (χ3v) is 4.84. The monoisotopic (exact) mass is 445 g/mol. The lowest BCUT2D eigenvalue weighted by molar-refractivity contribution is 0.0957. The van der Waals surface area contributed by atoms with Crippen molar-refractivity contribution in [1.29, 1.82) is 0 Å². The van der Waals surface area contributed by atoms with Gasteiger partial charge in [-0.05, 0) is 53.6 Å². The van der Waals surface area contributed by atoms with Crippen molar-refractivity contribution in [2.45, 2.75) is 6.54 Å². The fraction of sp³-hybridized carbons (Fsp3) is 0.0833. The van der Waals surface area contributed by atoms with Crippen LogP contribution in [-0.4, -0.2) is 32.8 Å². The Labute approximate surface area is 190 Å². The fourth-order valence-corrected chi connectivity index (χ4v) is 3.19. The molecule has 2 heterocycles. The van der Waals surface area contributed by atoms with Gasteiger partial charge in [-0.1, -0.05) is 35.9 Å². The van der Waals surface area contributed by atoms with Crippen LogP contribution in [0.3, 0.4) is 0 Å². The maximum atomic E-state index is 12.9. The Bertz CT molecular complexity index is 1240. The zero-order chi connectivity index (χ0) is 22.3. The zero-order valence-corrected chi connectivity index (χ0v) is 18.0. The maximum absolute atomic E-state index is 12.9. The van der Waals surface area contributed by atoms with Crippen LogP contribution in [0.1, 0.15) is 15.9 Å². The molecular formula is C24H20ClN5O2. The molecule has 8 heteroatoms. The molecule has 4 aromatic rings. The molecule has 0 amide bonds. The summed E-state index contributed by atoms with van der Waals surface area (Å²) in [6.45, 7) is 0.432. The lowest BCUT2D eigenvalue weighted by atomic mass is 10.2. The highest BCUT2D eigenvalue weighted by Crippen LogP contribution is 2.19. The van der Waals surface area contributed by atoms with Crippen LogP contribution in [0, 0.1) is 0 Å². The number of nitrogens with one attached hydrogen (secondary N) is 1. The van der Waals surface area contributed by atoms with Crippen molar-refractivity contribution in [3.05, 3.63) is 95.3 Å². The van der Waals surface area contributed by atoms with Crippen LogP contribution < -0.4 is 10.1 Å². The number of allylic oxidation sites excluding steroid dienone is 1. The molecule has 4 rings (SSSR count). The second-order valence-corrected chi connectivity index (χ2v) is 7.28. The van der Waals surface area contributed by atoms with E-state index in [-0.39, 0.29) is 5.91 Å². The van der Waals surface area contributed by atoms with E-state index in [0.717, 1.165) is 16.9 Å². The van der Waals surface area contributed by atoms with Gasteiger partial charge in [0.1, 0.15) is 5.75 Å². The maximum Gasteiger partial charge on any atom is 0.274 e. The molecule has 0 spiro atoms. The summed E-state index contributed by atoms with van der Waals surface area (Å²) in [4.78, 5) is 21.6. The Morgan fingerprint density at radius 2 is 2.00 bits per heavy atom. The zero-order valence-electron chi connectivity index (χ0n) is 17.3. The van der Waals surface area contributed by atoms with Crippen LogP contribution in [0.5, 0.6) is 5.75 Å². The van der Waals surface area contributed by atoms with Gasteiger partial charge in [0.05, 0.1) is 7.11 Å². The summed E-state index contributed by atoms with van der Waals surface area (Å²) in [7, 11) is 1.61. The van der Waals surface area contributed by atoms with Crippen molar-refractivity contribution < 1.29 is 9.53 Å². The molecule has 0 aliphatic rings. The first-order valence-electron chi connectivity index (χ1n) is 9.84. The van der Waals surface area contributed by atoms with Crippen molar-refractivity contribution in [3.8, 4) is 17.1 Å². The van der Waals surface area contributed by atoms with Gasteiger partial charge in [-0.25, -0.2) is 0 Å². The highest BCUT2D eigenvalue weighted by Gasteiger charge is 2.16. The number of methoxy groups -OCH3 is 1. The molecule has 0 aliphatic heterocycles. The molecule has 1 N–H and O–H groups in total. The Morgan fingerprint density at radius 1 is 1.16 bits per heavy atom. The van der Waals surface area contributed by atoms with Crippen molar-refractivity contribution >= 4 is 29.5 Å². The molecule has 0 saturated heterocycles. The van der Waals surface area contributed by atoms with Crippen LogP contribution >= 0.6 is 11.6 Å². The van der Waals surface area contributed by atoms with Crippen molar-refractivity contribution in [1.82, 2.24) is 19.7 Å². The van der Waals surface area contributed by atoms with Gasteiger partial charge in [0.25, 0.3) is 5.91 Å². The van der Waals surface area contributed by atoms with E-state index < -0.39 is 0 Å².